The maximum atomic E-state index is 13.0. The van der Waals surface area contributed by atoms with E-state index in [-0.39, 0.29) is 0 Å². The molecule has 0 aromatic rings. The Labute approximate surface area is 425 Å². The van der Waals surface area contributed by atoms with E-state index in [2.05, 4.69) is 14.8 Å². The van der Waals surface area contributed by atoms with E-state index < -0.39 is 233 Å². The fourth-order valence-electron chi connectivity index (χ4n) is 9.32. The van der Waals surface area contributed by atoms with E-state index in [0.717, 1.165) is 13.8 Å². The van der Waals surface area contributed by atoms with Crippen LogP contribution >= 0.6 is 0 Å². The van der Waals surface area contributed by atoms with Crippen LogP contribution < -0.4 is 10.6 Å². The highest BCUT2D eigenvalue weighted by Gasteiger charge is 2.58. The number of hydrogen-bond donors (Lipinski definition) is 18. The predicted molar refractivity (Wildman–Crippen MR) is 230 cm³/mol. The van der Waals surface area contributed by atoms with Crippen LogP contribution in [-0.4, -0.2) is 312 Å². The highest BCUT2D eigenvalue weighted by molar-refractivity contribution is 7.80. The molecule has 34 nitrogen and oxygen atoms in total. The number of amides is 2. The molecule has 0 radical (unpaired) electrons. The highest BCUT2D eigenvalue weighted by atomic mass is 32.3. The van der Waals surface area contributed by atoms with Gasteiger partial charge in [0.15, 0.2) is 37.7 Å². The third-order valence-corrected chi connectivity index (χ3v) is 13.8. The lowest BCUT2D eigenvalue weighted by molar-refractivity contribution is -0.383. The Balaban J connectivity index is 1.31. The normalized spacial score (nSPS) is 49.0. The minimum absolute atomic E-state index is 0.828. The van der Waals surface area contributed by atoms with Gasteiger partial charge in [-0.3, -0.25) is 14.1 Å². The molecule has 0 bridgehead atoms. The number of nitrogens with one attached hydrogen (secondary N) is 2. The SMILES string of the molecule is CC(=O)N[C@H]1[C@H](OC[C@H]2OC(O)[C@H](NC(C)=O)[C@@H](O[C@@H]3O[C@H](CO)[C@H](O)[C@H](O)[C@H]3O[C@@H]3O[C@@H](C)[C@@H](O)[C@@H](O)[C@@H]3O)[C@H]2O)O[C@H](CO)[C@@H](O[C@@H]2O[C@H](CO)[C@H](O)[C@H](OS(=O)(=O)O)[C@H]2O)[C@@H]1O[C@@H]1O[C@@H](C)[C@@H](O)[C@@H](O)[C@@H]1O. The molecule has 6 heterocycles. The van der Waals surface area contributed by atoms with E-state index in [4.69, 9.17) is 52.1 Å². The van der Waals surface area contributed by atoms with Crippen LogP contribution in [0.2, 0.25) is 0 Å². The van der Waals surface area contributed by atoms with Gasteiger partial charge in [-0.2, -0.15) is 8.42 Å². The average molecular weight is 1120 g/mol. The van der Waals surface area contributed by atoms with Crippen LogP contribution in [0.4, 0.5) is 0 Å². The summed E-state index contributed by atoms with van der Waals surface area (Å²) in [5.41, 5.74) is 0. The van der Waals surface area contributed by atoms with E-state index in [0.29, 0.717) is 0 Å². The maximum Gasteiger partial charge on any atom is 0.397 e. The first-order valence-corrected chi connectivity index (χ1v) is 24.8. The second-order valence-corrected chi connectivity index (χ2v) is 19.8. The summed E-state index contributed by atoms with van der Waals surface area (Å²) in [6.07, 6.45) is -53.4. The molecule has 35 heteroatoms. The number of rotatable bonds is 18. The Hall–Kier alpha value is -2.23. The Morgan fingerprint density at radius 3 is 1.40 bits per heavy atom. The van der Waals surface area contributed by atoms with Gasteiger partial charge in [-0.05, 0) is 13.8 Å². The lowest BCUT2D eigenvalue weighted by Gasteiger charge is -2.50. The van der Waals surface area contributed by atoms with Crippen molar-refractivity contribution < 1.29 is 155 Å². The van der Waals surface area contributed by atoms with Crippen molar-refractivity contribution in [2.24, 2.45) is 0 Å². The van der Waals surface area contributed by atoms with Crippen LogP contribution in [0.3, 0.4) is 0 Å². The highest BCUT2D eigenvalue weighted by Crippen LogP contribution is 2.37. The molecule has 6 rings (SSSR count). The van der Waals surface area contributed by atoms with Crippen LogP contribution in [0, 0.1) is 0 Å². The first-order chi connectivity index (χ1) is 35.1. The molecular weight excluding hydrogens is 1050 g/mol. The average Bonchev–Trinajstić information content (AvgIpc) is 3.34. The molecule has 2 amide bonds. The van der Waals surface area contributed by atoms with Gasteiger partial charge in [-0.1, -0.05) is 0 Å². The fraction of sp³-hybridized carbons (Fsp3) is 0.950. The number of carbonyl (C=O) groups excluding carboxylic acids is 2. The molecule has 0 aliphatic carbocycles. The molecular formula is C40H68N2O32S. The van der Waals surface area contributed by atoms with E-state index in [1.54, 1.807) is 0 Å². The summed E-state index contributed by atoms with van der Waals surface area (Å²) in [7, 11) is -5.43. The van der Waals surface area contributed by atoms with Crippen LogP contribution in [0.1, 0.15) is 27.7 Å². The van der Waals surface area contributed by atoms with Crippen molar-refractivity contribution in [1.29, 1.82) is 0 Å². The summed E-state index contributed by atoms with van der Waals surface area (Å²) in [4.78, 5) is 25.4. The quantitative estimate of drug-likeness (QED) is 0.0567. The van der Waals surface area contributed by atoms with Gasteiger partial charge in [0, 0.05) is 13.8 Å². The van der Waals surface area contributed by atoms with Crippen molar-refractivity contribution in [2.45, 2.75) is 212 Å². The zero-order valence-corrected chi connectivity index (χ0v) is 41.1. The Morgan fingerprint density at radius 1 is 0.440 bits per heavy atom. The van der Waals surface area contributed by atoms with E-state index >= 15 is 0 Å². The first kappa shape index (κ1) is 62.0. The van der Waals surface area contributed by atoms with Gasteiger partial charge in [-0.25, -0.2) is 4.18 Å². The molecule has 0 saturated carbocycles. The van der Waals surface area contributed by atoms with E-state index in [9.17, 15) is 99.2 Å². The molecule has 0 aromatic carbocycles. The van der Waals surface area contributed by atoms with Gasteiger partial charge in [0.25, 0.3) is 0 Å². The summed E-state index contributed by atoms with van der Waals surface area (Å²) < 4.78 is 101. The van der Waals surface area contributed by atoms with E-state index in [1.807, 2.05) is 0 Å². The van der Waals surface area contributed by atoms with Gasteiger partial charge >= 0.3 is 10.4 Å². The van der Waals surface area contributed by atoms with Crippen LogP contribution in [0.15, 0.2) is 0 Å². The number of hydrogen-bond acceptors (Lipinski definition) is 31. The summed E-state index contributed by atoms with van der Waals surface area (Å²) in [6, 6.07) is -3.53. The Morgan fingerprint density at radius 2 is 0.880 bits per heavy atom. The standard InChI is InChI=1S/C40H68N2O32S/c1-9-19(48)24(53)27(56)37(64-9)72-32-18(42-12(4)47)36(69-15(7-45)30(32)70-39-29(58)33(74-75(60,61)62)22(51)14(6-44)67-39)63-8-16-23(52)31(17(35(59)66-16)41-11(3)46)71-40-34(26(55)21(50)13(5-43)68-40)73-38-28(57)25(54)20(49)10(2)65-38/h9-10,13-40,43-45,48-59H,5-8H2,1-4H3,(H,41,46)(H,42,47)(H,60,61,62)/t9-,10-,13+,14+,15+,16+,17+,18+,19+,20+,21-,22-,23-,24+,25+,26-,27-,28-,29+,30+,31+,32+,33-,34+,35?,36+,37-,38-,39-,40-/m0/s1. The minimum Gasteiger partial charge on any atom is -0.394 e. The molecule has 18 N–H and O–H groups in total. The van der Waals surface area contributed by atoms with E-state index in [1.165, 1.54) is 13.8 Å². The molecule has 75 heavy (non-hydrogen) atoms. The molecule has 0 spiro atoms. The molecule has 0 aromatic heterocycles. The monoisotopic (exact) mass is 1120 g/mol. The molecule has 6 saturated heterocycles. The van der Waals surface area contributed by atoms with Crippen LogP contribution in [0.25, 0.3) is 0 Å². The summed E-state index contributed by atoms with van der Waals surface area (Å²) in [5, 5.41) is 166. The van der Waals surface area contributed by atoms with Crippen molar-refractivity contribution in [3.8, 4) is 0 Å². The van der Waals surface area contributed by atoms with Crippen molar-refractivity contribution >= 4 is 22.2 Å². The summed E-state index contributed by atoms with van der Waals surface area (Å²) >= 11 is 0. The van der Waals surface area contributed by atoms with Gasteiger partial charge in [0.1, 0.15) is 134 Å². The smallest absolute Gasteiger partial charge is 0.394 e. The lowest BCUT2D eigenvalue weighted by Crippen LogP contribution is -2.70. The molecule has 30 atom stereocenters. The third-order valence-electron chi connectivity index (χ3n) is 13.3. The predicted octanol–water partition coefficient (Wildman–Crippen LogP) is -11.9. The number of carbonyl (C=O) groups is 2. The molecule has 436 valence electrons. The molecule has 6 fully saturated rings. The van der Waals surface area contributed by atoms with Crippen molar-refractivity contribution in [2.75, 3.05) is 26.4 Å². The molecule has 1 unspecified atom stereocenters. The van der Waals surface area contributed by atoms with Gasteiger partial charge in [0.05, 0.1) is 38.6 Å². The van der Waals surface area contributed by atoms with Gasteiger partial charge in [0.2, 0.25) is 11.8 Å². The number of ether oxygens (including phenoxy) is 11. The molecule has 6 aliphatic rings. The topological polar surface area (TPSA) is 527 Å². The van der Waals surface area contributed by atoms with Crippen molar-refractivity contribution in [3.05, 3.63) is 0 Å². The zero-order chi connectivity index (χ0) is 55.7. The Kier molecular flexibility index (Phi) is 21.4. The Bertz CT molecular complexity index is 1970. The van der Waals surface area contributed by atoms with Crippen LogP contribution in [0.5, 0.6) is 0 Å². The third kappa shape index (κ3) is 14.0. The van der Waals surface area contributed by atoms with Gasteiger partial charge in [-0.15, -0.1) is 0 Å². The zero-order valence-electron chi connectivity index (χ0n) is 40.2. The second-order valence-electron chi connectivity index (χ2n) is 18.7. The van der Waals surface area contributed by atoms with Crippen molar-refractivity contribution in [3.63, 3.8) is 0 Å². The largest absolute Gasteiger partial charge is 0.397 e. The maximum absolute atomic E-state index is 13.0. The second kappa shape index (κ2) is 25.9. The molecule has 6 aliphatic heterocycles. The summed E-state index contributed by atoms with van der Waals surface area (Å²) in [5.74, 6) is -1.72. The summed E-state index contributed by atoms with van der Waals surface area (Å²) in [6.45, 7) is 0.490. The number of aliphatic hydroxyl groups excluding tert-OH is 15. The van der Waals surface area contributed by atoms with Crippen LogP contribution in [-0.2, 0) is 76.3 Å². The lowest BCUT2D eigenvalue weighted by atomic mass is 9.94. The van der Waals surface area contributed by atoms with Gasteiger partial charge < -0.3 is 139 Å². The number of aliphatic hydroxyl groups is 15. The fourth-order valence-corrected chi connectivity index (χ4v) is 9.83. The first-order valence-electron chi connectivity index (χ1n) is 23.5. The minimum atomic E-state index is -5.43. The van der Waals surface area contributed by atoms with Crippen molar-refractivity contribution in [1.82, 2.24) is 10.6 Å².